The molecule has 0 aromatic heterocycles. The second kappa shape index (κ2) is 5.96. The highest BCUT2D eigenvalue weighted by Gasteiger charge is 2.22. The van der Waals surface area contributed by atoms with E-state index in [1.165, 1.54) is 0 Å². The molecule has 2 atom stereocenters. The Labute approximate surface area is 104 Å². The van der Waals surface area contributed by atoms with E-state index in [9.17, 15) is 9.00 Å². The molecule has 1 aliphatic heterocycles. The molecule has 1 heterocycles. The summed E-state index contributed by atoms with van der Waals surface area (Å²) >= 11 is 0. The average molecular weight is 251 g/mol. The standard InChI is InChI=1S/C13H17NO2S/c15-13-9-12(7-4-8-14-13)17(16)10-11-5-2-1-3-6-11/h1-3,5-6,12H,4,7-10H2,(H,14,15). The smallest absolute Gasteiger partial charge is 0.221 e. The molecule has 92 valence electrons. The first-order valence-electron chi connectivity index (χ1n) is 5.93. The predicted molar refractivity (Wildman–Crippen MR) is 68.9 cm³/mol. The van der Waals surface area contributed by atoms with E-state index < -0.39 is 10.8 Å². The van der Waals surface area contributed by atoms with Gasteiger partial charge >= 0.3 is 0 Å². The Hall–Kier alpha value is -1.16. The van der Waals surface area contributed by atoms with Gasteiger partial charge in [-0.05, 0) is 18.4 Å². The van der Waals surface area contributed by atoms with E-state index in [0.717, 1.165) is 24.9 Å². The summed E-state index contributed by atoms with van der Waals surface area (Å²) in [5, 5.41) is 2.83. The van der Waals surface area contributed by atoms with Crippen LogP contribution in [0.25, 0.3) is 0 Å². The number of amides is 1. The van der Waals surface area contributed by atoms with Crippen molar-refractivity contribution < 1.29 is 9.00 Å². The van der Waals surface area contributed by atoms with Crippen molar-refractivity contribution >= 4 is 16.7 Å². The van der Waals surface area contributed by atoms with Crippen molar-refractivity contribution in [1.29, 1.82) is 0 Å². The van der Waals surface area contributed by atoms with Crippen molar-refractivity contribution in [3.8, 4) is 0 Å². The van der Waals surface area contributed by atoms with E-state index in [-0.39, 0.29) is 11.2 Å². The summed E-state index contributed by atoms with van der Waals surface area (Å²) in [6, 6.07) is 9.81. The van der Waals surface area contributed by atoms with Crippen LogP contribution in [0, 0.1) is 0 Å². The van der Waals surface area contributed by atoms with Crippen molar-refractivity contribution in [3.63, 3.8) is 0 Å². The number of nitrogens with one attached hydrogen (secondary N) is 1. The Morgan fingerprint density at radius 2 is 2.06 bits per heavy atom. The highest BCUT2D eigenvalue weighted by atomic mass is 32.2. The monoisotopic (exact) mass is 251 g/mol. The van der Waals surface area contributed by atoms with Gasteiger partial charge in [0.1, 0.15) is 0 Å². The summed E-state index contributed by atoms with van der Waals surface area (Å²) in [4.78, 5) is 11.4. The molecule has 2 unspecified atom stereocenters. The van der Waals surface area contributed by atoms with E-state index in [1.54, 1.807) is 0 Å². The molecule has 4 heteroatoms. The Kier molecular flexibility index (Phi) is 4.31. The molecule has 1 N–H and O–H groups in total. The number of carbonyl (C=O) groups excluding carboxylic acids is 1. The Balaban J connectivity index is 1.97. The molecule has 2 rings (SSSR count). The van der Waals surface area contributed by atoms with Crippen LogP contribution in [0.1, 0.15) is 24.8 Å². The summed E-state index contributed by atoms with van der Waals surface area (Å²) in [5.41, 5.74) is 1.08. The van der Waals surface area contributed by atoms with Gasteiger partial charge in [-0.3, -0.25) is 9.00 Å². The van der Waals surface area contributed by atoms with Crippen LogP contribution in [-0.4, -0.2) is 21.9 Å². The van der Waals surface area contributed by atoms with E-state index in [1.807, 2.05) is 30.3 Å². The predicted octanol–water partition coefficient (Wildman–Crippen LogP) is 1.60. The quantitative estimate of drug-likeness (QED) is 0.887. The van der Waals surface area contributed by atoms with Gasteiger partial charge in [0.05, 0.1) is 0 Å². The fourth-order valence-electron chi connectivity index (χ4n) is 2.02. The SMILES string of the molecule is O=C1CC(S(=O)Cc2ccccc2)CCCN1. The van der Waals surface area contributed by atoms with Crippen LogP contribution in [0.2, 0.25) is 0 Å². The number of carbonyl (C=O) groups is 1. The lowest BCUT2D eigenvalue weighted by atomic mass is 10.2. The lowest BCUT2D eigenvalue weighted by Crippen LogP contribution is -2.25. The van der Waals surface area contributed by atoms with Crippen molar-refractivity contribution in [1.82, 2.24) is 5.32 Å². The molecule has 1 fully saturated rings. The van der Waals surface area contributed by atoms with Crippen LogP contribution in [0.3, 0.4) is 0 Å². The Bertz CT molecular complexity index is 405. The molecule has 1 amide bonds. The van der Waals surface area contributed by atoms with Gasteiger partial charge < -0.3 is 5.32 Å². The second-order valence-electron chi connectivity index (χ2n) is 4.33. The number of hydrogen-bond donors (Lipinski definition) is 1. The Morgan fingerprint density at radius 3 is 2.82 bits per heavy atom. The summed E-state index contributed by atoms with van der Waals surface area (Å²) in [5.74, 6) is 0.590. The third-order valence-electron chi connectivity index (χ3n) is 2.96. The molecule has 1 aromatic rings. The van der Waals surface area contributed by atoms with Crippen LogP contribution in [0.5, 0.6) is 0 Å². The van der Waals surface area contributed by atoms with E-state index >= 15 is 0 Å². The molecule has 0 saturated carbocycles. The topological polar surface area (TPSA) is 46.2 Å². The van der Waals surface area contributed by atoms with Gasteiger partial charge in [0.15, 0.2) is 0 Å². The van der Waals surface area contributed by atoms with Crippen LogP contribution in [0.4, 0.5) is 0 Å². The largest absolute Gasteiger partial charge is 0.356 e. The first kappa shape index (κ1) is 12.3. The molecule has 1 aliphatic rings. The van der Waals surface area contributed by atoms with Gasteiger partial charge in [0.2, 0.25) is 5.91 Å². The molecule has 0 radical (unpaired) electrons. The Morgan fingerprint density at radius 1 is 1.29 bits per heavy atom. The fraction of sp³-hybridized carbons (Fsp3) is 0.462. The van der Waals surface area contributed by atoms with Gasteiger partial charge in [0, 0.05) is 34.8 Å². The molecular formula is C13H17NO2S. The zero-order valence-corrected chi connectivity index (χ0v) is 10.5. The van der Waals surface area contributed by atoms with Gasteiger partial charge in [-0.2, -0.15) is 0 Å². The van der Waals surface area contributed by atoms with Gasteiger partial charge in [-0.1, -0.05) is 30.3 Å². The minimum Gasteiger partial charge on any atom is -0.356 e. The first-order chi connectivity index (χ1) is 8.25. The van der Waals surface area contributed by atoms with Gasteiger partial charge in [0.25, 0.3) is 0 Å². The maximum Gasteiger partial charge on any atom is 0.221 e. The van der Waals surface area contributed by atoms with Crippen LogP contribution in [-0.2, 0) is 21.3 Å². The number of rotatable bonds is 3. The molecule has 3 nitrogen and oxygen atoms in total. The fourth-order valence-corrected chi connectivity index (χ4v) is 3.54. The molecule has 1 aromatic carbocycles. The molecule has 0 spiro atoms. The molecule has 0 aliphatic carbocycles. The molecule has 1 saturated heterocycles. The highest BCUT2D eigenvalue weighted by Crippen LogP contribution is 2.16. The van der Waals surface area contributed by atoms with E-state index in [4.69, 9.17) is 0 Å². The van der Waals surface area contributed by atoms with E-state index in [0.29, 0.717) is 12.2 Å². The average Bonchev–Trinajstić information content (AvgIpc) is 2.55. The zero-order chi connectivity index (χ0) is 12.1. The van der Waals surface area contributed by atoms with Crippen molar-refractivity contribution in [2.24, 2.45) is 0 Å². The minimum absolute atomic E-state index is 0.0118. The van der Waals surface area contributed by atoms with Crippen molar-refractivity contribution in [2.45, 2.75) is 30.3 Å². The van der Waals surface area contributed by atoms with Crippen LogP contribution < -0.4 is 5.32 Å². The van der Waals surface area contributed by atoms with Crippen LogP contribution >= 0.6 is 0 Å². The van der Waals surface area contributed by atoms with E-state index in [2.05, 4.69) is 5.32 Å². The highest BCUT2D eigenvalue weighted by molar-refractivity contribution is 7.84. The summed E-state index contributed by atoms with van der Waals surface area (Å²) < 4.78 is 12.2. The summed E-state index contributed by atoms with van der Waals surface area (Å²) in [6.45, 7) is 0.720. The van der Waals surface area contributed by atoms with Gasteiger partial charge in [-0.15, -0.1) is 0 Å². The maximum atomic E-state index is 12.2. The number of benzene rings is 1. The molecular weight excluding hydrogens is 234 g/mol. The zero-order valence-electron chi connectivity index (χ0n) is 9.72. The minimum atomic E-state index is -0.950. The second-order valence-corrected chi connectivity index (χ2v) is 6.05. The maximum absolute atomic E-state index is 12.2. The number of hydrogen-bond acceptors (Lipinski definition) is 2. The lowest BCUT2D eigenvalue weighted by Gasteiger charge is -2.12. The lowest BCUT2D eigenvalue weighted by molar-refractivity contribution is -0.120. The van der Waals surface area contributed by atoms with Crippen LogP contribution in [0.15, 0.2) is 30.3 Å². The third kappa shape index (κ3) is 3.66. The summed E-state index contributed by atoms with van der Waals surface area (Å²) in [6.07, 6.45) is 2.20. The van der Waals surface area contributed by atoms with Gasteiger partial charge in [-0.25, -0.2) is 0 Å². The molecule has 17 heavy (non-hydrogen) atoms. The van der Waals surface area contributed by atoms with Crippen molar-refractivity contribution in [2.75, 3.05) is 6.54 Å². The molecule has 0 bridgehead atoms. The van der Waals surface area contributed by atoms with Crippen molar-refractivity contribution in [3.05, 3.63) is 35.9 Å². The first-order valence-corrected chi connectivity index (χ1v) is 7.32. The third-order valence-corrected chi connectivity index (χ3v) is 4.73. The normalized spacial score (nSPS) is 22.6. The summed E-state index contributed by atoms with van der Waals surface area (Å²) in [7, 11) is -0.950.